The molecule has 0 saturated heterocycles. The van der Waals surface area contributed by atoms with E-state index >= 15 is 0 Å². The van der Waals surface area contributed by atoms with E-state index in [4.69, 9.17) is 10.8 Å². The summed E-state index contributed by atoms with van der Waals surface area (Å²) in [6.45, 7) is 1.71. The van der Waals surface area contributed by atoms with E-state index in [1.165, 1.54) is 25.0 Å². The first-order chi connectivity index (χ1) is 10.9. The van der Waals surface area contributed by atoms with Crippen LogP contribution < -0.4 is 16.6 Å². The molecule has 0 aliphatic heterocycles. The number of carboxylic acid groups (broad SMARTS) is 1. The number of aromatic amines is 1. The van der Waals surface area contributed by atoms with Crippen LogP contribution in [0, 0.1) is 0 Å². The lowest BCUT2D eigenvalue weighted by atomic mass is 10.3. The number of fused-ring (bicyclic) bond motifs is 1. The third-order valence-corrected chi connectivity index (χ3v) is 3.98. The summed E-state index contributed by atoms with van der Waals surface area (Å²) in [7, 11) is 0. The first-order valence-corrected chi connectivity index (χ1v) is 7.82. The maximum Gasteiger partial charge on any atom is 0.327 e. The molecule has 11 heteroatoms. The van der Waals surface area contributed by atoms with Crippen LogP contribution in [0.3, 0.4) is 0 Å². The third-order valence-electron chi connectivity index (χ3n) is 2.94. The number of aryl methyl sites for hydroxylation is 1. The Morgan fingerprint density at radius 1 is 1.57 bits per heavy atom. The highest BCUT2D eigenvalue weighted by molar-refractivity contribution is 7.99. The normalized spacial score (nSPS) is 12.2. The zero-order valence-electron chi connectivity index (χ0n) is 12.3. The van der Waals surface area contributed by atoms with Crippen LogP contribution in [0.4, 0.5) is 5.95 Å². The Bertz CT molecular complexity index is 785. The Balaban J connectivity index is 1.95. The fraction of sp³-hybridized carbons (Fsp3) is 0.417. The van der Waals surface area contributed by atoms with Gasteiger partial charge >= 0.3 is 5.97 Å². The number of hydrogen-bond donors (Lipinski definition) is 4. The van der Waals surface area contributed by atoms with E-state index in [9.17, 15) is 14.4 Å². The van der Waals surface area contributed by atoms with Crippen molar-refractivity contribution in [3.05, 3.63) is 16.7 Å². The number of nitrogen functional groups attached to an aromatic ring is 1. The van der Waals surface area contributed by atoms with Crippen molar-refractivity contribution < 1.29 is 14.7 Å². The molecule has 2 heterocycles. The second-order valence-corrected chi connectivity index (χ2v) is 5.88. The second kappa shape index (κ2) is 7.13. The van der Waals surface area contributed by atoms with Gasteiger partial charge in [-0.25, -0.2) is 9.78 Å². The smallest absolute Gasteiger partial charge is 0.327 e. The van der Waals surface area contributed by atoms with Crippen LogP contribution in [-0.4, -0.2) is 54.0 Å². The number of rotatable bonds is 7. The molecule has 0 aliphatic carbocycles. The maximum absolute atomic E-state index is 11.9. The Morgan fingerprint density at radius 3 is 2.96 bits per heavy atom. The van der Waals surface area contributed by atoms with Gasteiger partial charge in [-0.05, 0) is 0 Å². The average Bonchev–Trinajstić information content (AvgIpc) is 2.84. The predicted molar refractivity (Wildman–Crippen MR) is 85.1 cm³/mol. The van der Waals surface area contributed by atoms with Gasteiger partial charge in [0, 0.05) is 25.0 Å². The van der Waals surface area contributed by atoms with E-state index in [1.54, 1.807) is 4.57 Å². The molecule has 2 rings (SSSR count). The summed E-state index contributed by atoms with van der Waals surface area (Å²) < 4.78 is 1.63. The SMILES string of the molecule is CC(=O)N[C@@H](CSCCn1cnc2nc(N)[nH]c(=O)c21)C(=O)O. The minimum Gasteiger partial charge on any atom is -0.480 e. The second-order valence-electron chi connectivity index (χ2n) is 4.73. The number of carbonyl (C=O) groups excluding carboxylic acids is 1. The standard InChI is InChI=1S/C12H16N6O4S/c1-6(19)15-7(11(21)22)4-23-3-2-18-5-14-9-8(18)10(20)17-12(13)16-9/h5,7H,2-4H2,1H3,(H,15,19)(H,21,22)(H3,13,16,17,20)/t7-/m0/s1. The summed E-state index contributed by atoms with van der Waals surface area (Å²) in [6.07, 6.45) is 1.48. The number of aliphatic carboxylic acids is 1. The van der Waals surface area contributed by atoms with Crippen molar-refractivity contribution in [3.8, 4) is 0 Å². The number of nitrogens with two attached hydrogens (primary N) is 1. The summed E-state index contributed by atoms with van der Waals surface area (Å²) in [6, 6.07) is -0.943. The van der Waals surface area contributed by atoms with Gasteiger partial charge in [-0.3, -0.25) is 14.6 Å². The molecule has 0 aromatic carbocycles. The first kappa shape index (κ1) is 16.8. The Morgan fingerprint density at radius 2 is 2.30 bits per heavy atom. The number of hydrogen-bond acceptors (Lipinski definition) is 7. The van der Waals surface area contributed by atoms with Crippen molar-refractivity contribution in [2.75, 3.05) is 17.2 Å². The molecule has 5 N–H and O–H groups in total. The third kappa shape index (κ3) is 4.22. The van der Waals surface area contributed by atoms with Crippen LogP contribution >= 0.6 is 11.8 Å². The molecule has 23 heavy (non-hydrogen) atoms. The van der Waals surface area contributed by atoms with E-state index in [-0.39, 0.29) is 22.9 Å². The van der Waals surface area contributed by atoms with Gasteiger partial charge in [0.05, 0.1) is 6.33 Å². The molecule has 1 atom stereocenters. The topological polar surface area (TPSA) is 156 Å². The van der Waals surface area contributed by atoms with Crippen molar-refractivity contribution in [1.82, 2.24) is 24.8 Å². The molecular formula is C12H16N6O4S. The minimum absolute atomic E-state index is 0.00160. The van der Waals surface area contributed by atoms with Gasteiger partial charge in [-0.1, -0.05) is 0 Å². The van der Waals surface area contributed by atoms with Crippen molar-refractivity contribution in [3.63, 3.8) is 0 Å². The minimum atomic E-state index is -1.09. The number of carbonyl (C=O) groups is 2. The molecular weight excluding hydrogens is 324 g/mol. The molecule has 0 bridgehead atoms. The monoisotopic (exact) mass is 340 g/mol. The predicted octanol–water partition coefficient (Wildman–Crippen LogP) is -0.976. The van der Waals surface area contributed by atoms with Gasteiger partial charge in [-0.2, -0.15) is 16.7 Å². The van der Waals surface area contributed by atoms with Crippen LogP contribution in [-0.2, 0) is 16.1 Å². The van der Waals surface area contributed by atoms with E-state index < -0.39 is 17.9 Å². The van der Waals surface area contributed by atoms with Gasteiger partial charge < -0.3 is 20.7 Å². The fourth-order valence-corrected chi connectivity index (χ4v) is 2.91. The highest BCUT2D eigenvalue weighted by Crippen LogP contribution is 2.09. The van der Waals surface area contributed by atoms with E-state index in [1.807, 2.05) is 0 Å². The van der Waals surface area contributed by atoms with E-state index in [0.29, 0.717) is 17.8 Å². The van der Waals surface area contributed by atoms with Crippen molar-refractivity contribution in [2.24, 2.45) is 0 Å². The molecule has 1 amide bonds. The lowest BCUT2D eigenvalue weighted by Gasteiger charge is -2.12. The van der Waals surface area contributed by atoms with Crippen molar-refractivity contribution in [1.29, 1.82) is 0 Å². The molecule has 0 radical (unpaired) electrons. The fourth-order valence-electron chi connectivity index (χ4n) is 1.96. The van der Waals surface area contributed by atoms with Gasteiger partial charge in [0.25, 0.3) is 5.56 Å². The molecule has 10 nitrogen and oxygen atoms in total. The Hall–Kier alpha value is -2.56. The first-order valence-electron chi connectivity index (χ1n) is 6.66. The lowest BCUT2D eigenvalue weighted by molar-refractivity contribution is -0.140. The maximum atomic E-state index is 11.9. The quantitative estimate of drug-likeness (QED) is 0.469. The largest absolute Gasteiger partial charge is 0.480 e. The zero-order chi connectivity index (χ0) is 17.0. The highest BCUT2D eigenvalue weighted by atomic mass is 32.2. The Kier molecular flexibility index (Phi) is 5.21. The molecule has 0 spiro atoms. The molecule has 0 unspecified atom stereocenters. The van der Waals surface area contributed by atoms with E-state index in [0.717, 1.165) is 0 Å². The number of thioether (sulfide) groups is 1. The summed E-state index contributed by atoms with van der Waals surface area (Å²) in [5.74, 6) is -0.714. The molecule has 124 valence electrons. The number of nitrogens with one attached hydrogen (secondary N) is 2. The highest BCUT2D eigenvalue weighted by Gasteiger charge is 2.18. The van der Waals surface area contributed by atoms with Crippen molar-refractivity contribution >= 4 is 40.8 Å². The molecule has 0 aliphatic rings. The van der Waals surface area contributed by atoms with E-state index in [2.05, 4.69) is 20.3 Å². The number of anilines is 1. The summed E-state index contributed by atoms with van der Waals surface area (Å²) in [5.41, 5.74) is 5.65. The lowest BCUT2D eigenvalue weighted by Crippen LogP contribution is -2.41. The van der Waals surface area contributed by atoms with Gasteiger partial charge in [0.2, 0.25) is 11.9 Å². The van der Waals surface area contributed by atoms with Crippen LogP contribution in [0.2, 0.25) is 0 Å². The van der Waals surface area contributed by atoms with Gasteiger partial charge in [0.15, 0.2) is 11.2 Å². The summed E-state index contributed by atoms with van der Waals surface area (Å²) in [5, 5.41) is 11.4. The zero-order valence-corrected chi connectivity index (χ0v) is 13.1. The molecule has 0 saturated carbocycles. The van der Waals surface area contributed by atoms with Crippen molar-refractivity contribution in [2.45, 2.75) is 19.5 Å². The van der Waals surface area contributed by atoms with Crippen LogP contribution in [0.5, 0.6) is 0 Å². The molecule has 2 aromatic heterocycles. The molecule has 2 aromatic rings. The van der Waals surface area contributed by atoms with Crippen LogP contribution in [0.25, 0.3) is 11.2 Å². The summed E-state index contributed by atoms with van der Waals surface area (Å²) in [4.78, 5) is 44.1. The number of amides is 1. The average molecular weight is 340 g/mol. The Labute approximate surface area is 134 Å². The molecule has 0 fully saturated rings. The van der Waals surface area contributed by atoms with Gasteiger partial charge in [-0.15, -0.1) is 0 Å². The number of H-pyrrole nitrogens is 1. The summed E-state index contributed by atoms with van der Waals surface area (Å²) >= 11 is 1.35. The number of carboxylic acids is 1. The van der Waals surface area contributed by atoms with Crippen LogP contribution in [0.1, 0.15) is 6.92 Å². The number of imidazole rings is 1. The number of nitrogens with zero attached hydrogens (tertiary/aromatic N) is 3. The van der Waals surface area contributed by atoms with Gasteiger partial charge in [0.1, 0.15) is 6.04 Å². The number of aromatic nitrogens is 4. The van der Waals surface area contributed by atoms with Crippen LogP contribution in [0.15, 0.2) is 11.1 Å².